The second-order valence-corrected chi connectivity index (χ2v) is 5.25. The third-order valence-corrected chi connectivity index (χ3v) is 4.14. The van der Waals surface area contributed by atoms with E-state index in [2.05, 4.69) is 0 Å². The topological polar surface area (TPSA) is 52.0 Å². The highest BCUT2D eigenvalue weighted by Gasteiger charge is 2.55. The molecule has 3 saturated carbocycles. The summed E-state index contributed by atoms with van der Waals surface area (Å²) in [6, 6.07) is 0. The molecular weight excluding hydrogens is 148 g/mol. The maximum atomic E-state index is 6.09. The number of fused-ring (bicyclic) bond motifs is 1. The van der Waals surface area contributed by atoms with Crippen molar-refractivity contribution < 1.29 is 0 Å². The Labute approximate surface area is 73.7 Å². The molecule has 0 aliphatic heterocycles. The van der Waals surface area contributed by atoms with Crippen LogP contribution in [0.1, 0.15) is 32.1 Å². The van der Waals surface area contributed by atoms with Crippen LogP contribution in [0.4, 0.5) is 0 Å². The zero-order valence-corrected chi connectivity index (χ0v) is 7.50. The van der Waals surface area contributed by atoms with Gasteiger partial charge >= 0.3 is 0 Å². The van der Waals surface area contributed by atoms with E-state index in [0.717, 1.165) is 24.2 Å². The van der Waals surface area contributed by atoms with Crippen LogP contribution in [0.3, 0.4) is 0 Å². The first-order valence-corrected chi connectivity index (χ1v) is 5.24. The van der Waals surface area contributed by atoms with Crippen LogP contribution in [0.5, 0.6) is 0 Å². The second kappa shape index (κ2) is 2.05. The smallest absolute Gasteiger partial charge is 0.0668 e. The van der Waals surface area contributed by atoms with Gasteiger partial charge in [-0.25, -0.2) is 0 Å². The van der Waals surface area contributed by atoms with Crippen LogP contribution < -0.4 is 11.5 Å². The SMILES string of the molecule is NC(N)(CC1CC2CC21)C1CC1. The monoisotopic (exact) mass is 166 g/mol. The minimum atomic E-state index is -0.307. The third-order valence-electron chi connectivity index (χ3n) is 4.14. The van der Waals surface area contributed by atoms with Gasteiger partial charge in [-0.05, 0) is 55.8 Å². The molecule has 0 saturated heterocycles. The Kier molecular flexibility index (Phi) is 1.25. The Morgan fingerprint density at radius 3 is 2.33 bits per heavy atom. The molecule has 0 radical (unpaired) electrons. The molecule has 3 aliphatic carbocycles. The molecule has 2 heteroatoms. The van der Waals surface area contributed by atoms with Crippen molar-refractivity contribution in [2.45, 2.75) is 37.8 Å². The minimum Gasteiger partial charge on any atom is -0.313 e. The molecule has 12 heavy (non-hydrogen) atoms. The molecular formula is C10H18N2. The van der Waals surface area contributed by atoms with E-state index in [4.69, 9.17) is 11.5 Å². The molecule has 0 aromatic rings. The van der Waals surface area contributed by atoms with Gasteiger partial charge < -0.3 is 11.5 Å². The van der Waals surface area contributed by atoms with Crippen molar-refractivity contribution in [3.05, 3.63) is 0 Å². The van der Waals surface area contributed by atoms with E-state index in [1.54, 1.807) is 0 Å². The van der Waals surface area contributed by atoms with E-state index < -0.39 is 0 Å². The number of nitrogens with two attached hydrogens (primary N) is 2. The minimum absolute atomic E-state index is 0.307. The van der Waals surface area contributed by atoms with E-state index in [9.17, 15) is 0 Å². The number of hydrogen-bond donors (Lipinski definition) is 2. The van der Waals surface area contributed by atoms with Crippen molar-refractivity contribution in [2.24, 2.45) is 35.1 Å². The molecule has 0 amide bonds. The van der Waals surface area contributed by atoms with Crippen LogP contribution in [-0.4, -0.2) is 5.66 Å². The van der Waals surface area contributed by atoms with Gasteiger partial charge in [-0.1, -0.05) is 0 Å². The molecule has 0 spiro atoms. The average molecular weight is 166 g/mol. The summed E-state index contributed by atoms with van der Waals surface area (Å²) in [5.41, 5.74) is 11.9. The van der Waals surface area contributed by atoms with Crippen LogP contribution in [0.25, 0.3) is 0 Å². The van der Waals surface area contributed by atoms with Crippen molar-refractivity contribution >= 4 is 0 Å². The lowest BCUT2D eigenvalue weighted by Gasteiger charge is -2.34. The van der Waals surface area contributed by atoms with Crippen LogP contribution in [0.15, 0.2) is 0 Å². The fourth-order valence-corrected chi connectivity index (χ4v) is 2.96. The molecule has 3 rings (SSSR count). The Balaban J connectivity index is 1.58. The van der Waals surface area contributed by atoms with E-state index in [1.807, 2.05) is 0 Å². The van der Waals surface area contributed by atoms with Crippen molar-refractivity contribution in [3.63, 3.8) is 0 Å². The molecule has 0 heterocycles. The van der Waals surface area contributed by atoms with Crippen molar-refractivity contribution in [3.8, 4) is 0 Å². The first-order valence-electron chi connectivity index (χ1n) is 5.24. The zero-order chi connectivity index (χ0) is 8.34. The van der Waals surface area contributed by atoms with Crippen molar-refractivity contribution in [2.75, 3.05) is 0 Å². The van der Waals surface area contributed by atoms with E-state index >= 15 is 0 Å². The summed E-state index contributed by atoms with van der Waals surface area (Å²) in [6.07, 6.45) is 6.54. The Morgan fingerprint density at radius 1 is 1.17 bits per heavy atom. The lowest BCUT2D eigenvalue weighted by Crippen LogP contribution is -2.53. The molecule has 3 fully saturated rings. The summed E-state index contributed by atoms with van der Waals surface area (Å²) in [6.45, 7) is 0. The lowest BCUT2D eigenvalue weighted by molar-refractivity contribution is 0.194. The maximum absolute atomic E-state index is 6.09. The van der Waals surface area contributed by atoms with Crippen molar-refractivity contribution in [1.82, 2.24) is 0 Å². The van der Waals surface area contributed by atoms with Gasteiger partial charge in [0.2, 0.25) is 0 Å². The van der Waals surface area contributed by atoms with E-state index in [1.165, 1.54) is 25.7 Å². The standard InChI is InChI=1S/C10H18N2/c11-10(12,8-1-2-8)5-7-3-6-4-9(6)7/h6-9H,1-5,11-12H2. The second-order valence-electron chi connectivity index (χ2n) is 5.25. The van der Waals surface area contributed by atoms with Gasteiger partial charge in [0, 0.05) is 0 Å². The summed E-state index contributed by atoms with van der Waals surface area (Å²) < 4.78 is 0. The molecule has 3 atom stereocenters. The first kappa shape index (κ1) is 7.34. The predicted octanol–water partition coefficient (Wildman–Crippen LogP) is 1.06. The molecule has 0 aromatic carbocycles. The molecule has 4 N–H and O–H groups in total. The summed E-state index contributed by atoms with van der Waals surface area (Å²) >= 11 is 0. The quantitative estimate of drug-likeness (QED) is 0.616. The largest absolute Gasteiger partial charge is 0.313 e. The van der Waals surface area contributed by atoms with Crippen LogP contribution in [-0.2, 0) is 0 Å². The third kappa shape index (κ3) is 1.01. The van der Waals surface area contributed by atoms with Crippen LogP contribution >= 0.6 is 0 Å². The first-order chi connectivity index (χ1) is 5.67. The van der Waals surface area contributed by atoms with Gasteiger partial charge in [0.15, 0.2) is 0 Å². The normalized spacial score (nSPS) is 45.0. The molecule has 0 bridgehead atoms. The highest BCUT2D eigenvalue weighted by Crippen LogP contribution is 2.62. The van der Waals surface area contributed by atoms with Gasteiger partial charge in [0.1, 0.15) is 0 Å². The van der Waals surface area contributed by atoms with Gasteiger partial charge in [-0.15, -0.1) is 0 Å². The number of rotatable bonds is 3. The van der Waals surface area contributed by atoms with E-state index in [0.29, 0.717) is 5.92 Å². The molecule has 3 aliphatic rings. The Morgan fingerprint density at radius 2 is 1.92 bits per heavy atom. The van der Waals surface area contributed by atoms with Gasteiger partial charge in [-0.2, -0.15) is 0 Å². The number of hydrogen-bond acceptors (Lipinski definition) is 2. The predicted molar refractivity (Wildman–Crippen MR) is 48.2 cm³/mol. The van der Waals surface area contributed by atoms with Crippen molar-refractivity contribution in [1.29, 1.82) is 0 Å². The van der Waals surface area contributed by atoms with Crippen LogP contribution in [0, 0.1) is 23.7 Å². The van der Waals surface area contributed by atoms with Gasteiger partial charge in [0.05, 0.1) is 5.66 Å². The summed E-state index contributed by atoms with van der Waals surface area (Å²) in [5, 5.41) is 0. The average Bonchev–Trinajstić information content (AvgIpc) is 2.75. The Hall–Kier alpha value is -0.0800. The molecule has 3 unspecified atom stereocenters. The fraction of sp³-hybridized carbons (Fsp3) is 1.00. The summed E-state index contributed by atoms with van der Waals surface area (Å²) in [4.78, 5) is 0. The maximum Gasteiger partial charge on any atom is 0.0668 e. The van der Waals surface area contributed by atoms with E-state index in [-0.39, 0.29) is 5.66 Å². The Bertz CT molecular complexity index is 208. The molecule has 68 valence electrons. The van der Waals surface area contributed by atoms with Crippen LogP contribution in [0.2, 0.25) is 0 Å². The highest BCUT2D eigenvalue weighted by atomic mass is 15.0. The summed E-state index contributed by atoms with van der Waals surface area (Å²) in [5.74, 6) is 3.67. The zero-order valence-electron chi connectivity index (χ0n) is 7.50. The highest BCUT2D eigenvalue weighted by molar-refractivity contribution is 5.06. The lowest BCUT2D eigenvalue weighted by atomic mass is 9.78. The van der Waals surface area contributed by atoms with Gasteiger partial charge in [0.25, 0.3) is 0 Å². The molecule has 0 aromatic heterocycles. The summed E-state index contributed by atoms with van der Waals surface area (Å²) in [7, 11) is 0. The fourth-order valence-electron chi connectivity index (χ4n) is 2.96. The molecule has 2 nitrogen and oxygen atoms in total. The van der Waals surface area contributed by atoms with Gasteiger partial charge in [-0.3, -0.25) is 0 Å².